The number of nitrogens with one attached hydrogen (secondary N) is 1. The maximum absolute atomic E-state index is 13.0. The van der Waals surface area contributed by atoms with E-state index in [4.69, 9.17) is 5.73 Å². The fourth-order valence-electron chi connectivity index (χ4n) is 5.43. The fraction of sp³-hybridized carbons (Fsp3) is 0.400. The van der Waals surface area contributed by atoms with Crippen molar-refractivity contribution in [1.29, 1.82) is 0 Å². The summed E-state index contributed by atoms with van der Waals surface area (Å²) in [6.07, 6.45) is 2.47. The van der Waals surface area contributed by atoms with Gasteiger partial charge in [0.2, 0.25) is 11.8 Å². The predicted molar refractivity (Wildman–Crippen MR) is 148 cm³/mol. The SMILES string of the molecule is NC(=O)CC1CCCCC1.O=C1CN(Cc2c(-c3ccc(C(F)(F)F)cc3)nc3ccccc3c2C(=O)O)CCN1. The highest BCUT2D eigenvalue weighted by atomic mass is 19.4. The number of carboxylic acids is 1. The number of carboxylic acid groups (broad SMARTS) is 1. The maximum Gasteiger partial charge on any atom is 0.416 e. The number of primary amides is 1. The first-order valence-electron chi connectivity index (χ1n) is 13.6. The summed E-state index contributed by atoms with van der Waals surface area (Å²) in [5.41, 5.74) is 5.77. The zero-order valence-electron chi connectivity index (χ0n) is 22.5. The molecule has 2 aromatic carbocycles. The van der Waals surface area contributed by atoms with Crippen molar-refractivity contribution >= 4 is 28.7 Å². The third kappa shape index (κ3) is 7.81. The lowest BCUT2D eigenvalue weighted by atomic mass is 9.87. The van der Waals surface area contributed by atoms with Crippen LogP contribution in [0.1, 0.15) is 60.0 Å². The molecule has 0 bridgehead atoms. The van der Waals surface area contributed by atoms with Gasteiger partial charge in [-0.05, 0) is 37.0 Å². The number of carbonyl (C=O) groups is 3. The molecular weight excluding hydrogens is 537 g/mol. The number of benzene rings is 2. The van der Waals surface area contributed by atoms with Gasteiger partial charge in [-0.25, -0.2) is 9.78 Å². The van der Waals surface area contributed by atoms with E-state index in [1.165, 1.54) is 44.2 Å². The standard InChI is InChI=1S/C22H18F3N3O3.C8H15NO/c23-22(24,25)14-7-5-13(6-8-14)20-16(11-28-10-9-26-18(29)12-28)19(21(30)31)15-3-1-2-4-17(15)27-20;9-8(10)6-7-4-2-1-3-5-7/h1-8H,9-12H2,(H,26,29)(H,30,31);7H,1-6H2,(H2,9,10). The number of aromatic carboxylic acids is 1. The van der Waals surface area contributed by atoms with Gasteiger partial charge in [0, 0.05) is 42.6 Å². The van der Waals surface area contributed by atoms with E-state index in [1.54, 1.807) is 29.2 Å². The van der Waals surface area contributed by atoms with Crippen molar-refractivity contribution in [2.75, 3.05) is 19.6 Å². The van der Waals surface area contributed by atoms with Crippen LogP contribution in [-0.4, -0.2) is 52.4 Å². The van der Waals surface area contributed by atoms with Crippen molar-refractivity contribution < 1.29 is 32.7 Å². The summed E-state index contributed by atoms with van der Waals surface area (Å²) < 4.78 is 39.0. The summed E-state index contributed by atoms with van der Waals surface area (Å²) in [5.74, 6) is -0.866. The lowest BCUT2D eigenvalue weighted by molar-refractivity contribution is -0.137. The number of alkyl halides is 3. The third-order valence-electron chi connectivity index (χ3n) is 7.41. The van der Waals surface area contributed by atoms with Gasteiger partial charge in [0.1, 0.15) is 0 Å². The minimum atomic E-state index is -4.48. The highest BCUT2D eigenvalue weighted by Gasteiger charge is 2.31. The van der Waals surface area contributed by atoms with Crippen LogP contribution < -0.4 is 11.1 Å². The Balaban J connectivity index is 0.000000328. The lowest BCUT2D eigenvalue weighted by Gasteiger charge is -2.28. The van der Waals surface area contributed by atoms with E-state index in [-0.39, 0.29) is 36.2 Å². The Bertz CT molecular complexity index is 1400. The Hall–Kier alpha value is -3.99. The Morgan fingerprint density at radius 2 is 1.73 bits per heavy atom. The van der Waals surface area contributed by atoms with Gasteiger partial charge in [0.25, 0.3) is 0 Å². The first-order valence-corrected chi connectivity index (χ1v) is 13.6. The molecule has 11 heteroatoms. The number of nitrogens with zero attached hydrogens (tertiary/aromatic N) is 2. The number of nitrogens with two attached hydrogens (primary N) is 1. The predicted octanol–water partition coefficient (Wildman–Crippen LogP) is 4.99. The molecule has 0 radical (unpaired) electrons. The Kier molecular flexibility index (Phi) is 9.59. The lowest BCUT2D eigenvalue weighted by Crippen LogP contribution is -2.47. The van der Waals surface area contributed by atoms with Crippen LogP contribution >= 0.6 is 0 Å². The smallest absolute Gasteiger partial charge is 0.416 e. The van der Waals surface area contributed by atoms with Crippen LogP contribution in [0.3, 0.4) is 0 Å². The Labute approximate surface area is 235 Å². The number of para-hydroxylation sites is 1. The number of rotatable bonds is 6. The van der Waals surface area contributed by atoms with Crippen LogP contribution in [0.15, 0.2) is 48.5 Å². The van der Waals surface area contributed by atoms with E-state index in [2.05, 4.69) is 10.3 Å². The molecule has 3 aromatic rings. The molecule has 41 heavy (non-hydrogen) atoms. The van der Waals surface area contributed by atoms with Gasteiger partial charge < -0.3 is 16.2 Å². The zero-order valence-corrected chi connectivity index (χ0v) is 22.5. The minimum Gasteiger partial charge on any atom is -0.478 e. The molecule has 1 aromatic heterocycles. The molecule has 0 unspecified atom stereocenters. The summed E-state index contributed by atoms with van der Waals surface area (Å²) in [4.78, 5) is 40.9. The van der Waals surface area contributed by atoms with E-state index in [0.29, 0.717) is 47.5 Å². The molecule has 5 rings (SSSR count). The van der Waals surface area contributed by atoms with Crippen LogP contribution in [0.2, 0.25) is 0 Å². The molecule has 0 atom stereocenters. The highest BCUT2D eigenvalue weighted by Crippen LogP contribution is 2.34. The van der Waals surface area contributed by atoms with Gasteiger partial charge in [0.15, 0.2) is 0 Å². The molecular formula is C30H33F3N4O4. The molecule has 8 nitrogen and oxygen atoms in total. The van der Waals surface area contributed by atoms with Crippen LogP contribution in [0.4, 0.5) is 13.2 Å². The largest absolute Gasteiger partial charge is 0.478 e. The minimum absolute atomic E-state index is 0.0338. The Morgan fingerprint density at radius 3 is 2.34 bits per heavy atom. The molecule has 1 aliphatic carbocycles. The number of pyridine rings is 1. The van der Waals surface area contributed by atoms with Gasteiger partial charge in [-0.1, -0.05) is 49.6 Å². The summed E-state index contributed by atoms with van der Waals surface area (Å²) in [7, 11) is 0. The number of carbonyl (C=O) groups excluding carboxylic acids is 2. The number of piperazine rings is 1. The first-order chi connectivity index (χ1) is 19.5. The van der Waals surface area contributed by atoms with E-state index in [1.807, 2.05) is 0 Å². The van der Waals surface area contributed by atoms with Gasteiger partial charge in [-0.3, -0.25) is 14.5 Å². The summed E-state index contributed by atoms with van der Waals surface area (Å²) >= 11 is 0. The van der Waals surface area contributed by atoms with Crippen LogP contribution in [0.5, 0.6) is 0 Å². The van der Waals surface area contributed by atoms with Crippen LogP contribution in [0, 0.1) is 5.92 Å². The van der Waals surface area contributed by atoms with Gasteiger partial charge in [-0.15, -0.1) is 0 Å². The molecule has 0 spiro atoms. The third-order valence-corrected chi connectivity index (χ3v) is 7.41. The first kappa shape index (κ1) is 30.0. The van der Waals surface area contributed by atoms with E-state index < -0.39 is 17.7 Å². The second-order valence-electron chi connectivity index (χ2n) is 10.4. The number of halogens is 3. The number of amides is 2. The molecule has 2 amide bonds. The second kappa shape index (κ2) is 13.1. The molecule has 4 N–H and O–H groups in total. The highest BCUT2D eigenvalue weighted by molar-refractivity contribution is 6.05. The number of hydrogen-bond donors (Lipinski definition) is 3. The average molecular weight is 571 g/mol. The van der Waals surface area contributed by atoms with Crippen LogP contribution in [-0.2, 0) is 22.3 Å². The van der Waals surface area contributed by atoms with Crippen molar-refractivity contribution in [2.45, 2.75) is 51.2 Å². The molecule has 1 saturated carbocycles. The number of fused-ring (bicyclic) bond motifs is 1. The quantitative estimate of drug-likeness (QED) is 0.383. The van der Waals surface area contributed by atoms with Gasteiger partial charge in [0.05, 0.1) is 28.9 Å². The van der Waals surface area contributed by atoms with Crippen molar-refractivity contribution in [3.63, 3.8) is 0 Å². The summed E-state index contributed by atoms with van der Waals surface area (Å²) in [6, 6.07) is 11.2. The second-order valence-corrected chi connectivity index (χ2v) is 10.4. The maximum atomic E-state index is 13.0. The topological polar surface area (TPSA) is 126 Å². The van der Waals surface area contributed by atoms with E-state index in [9.17, 15) is 32.7 Å². The molecule has 2 aliphatic rings. The fourth-order valence-corrected chi connectivity index (χ4v) is 5.43. The van der Waals surface area contributed by atoms with Gasteiger partial charge in [-0.2, -0.15) is 13.2 Å². The number of aromatic nitrogens is 1. The summed E-state index contributed by atoms with van der Waals surface area (Å²) in [6.45, 7) is 1.17. The van der Waals surface area contributed by atoms with E-state index >= 15 is 0 Å². The molecule has 1 saturated heterocycles. The Morgan fingerprint density at radius 1 is 1.05 bits per heavy atom. The van der Waals surface area contributed by atoms with Gasteiger partial charge >= 0.3 is 12.1 Å². The summed E-state index contributed by atoms with van der Waals surface area (Å²) in [5, 5.41) is 13.1. The molecule has 1 aliphatic heterocycles. The van der Waals surface area contributed by atoms with Crippen molar-refractivity contribution in [3.05, 3.63) is 65.2 Å². The van der Waals surface area contributed by atoms with Crippen molar-refractivity contribution in [1.82, 2.24) is 15.2 Å². The van der Waals surface area contributed by atoms with Crippen molar-refractivity contribution in [3.8, 4) is 11.3 Å². The molecule has 2 fully saturated rings. The zero-order chi connectivity index (χ0) is 29.6. The van der Waals surface area contributed by atoms with E-state index in [0.717, 1.165) is 12.1 Å². The molecule has 2 heterocycles. The average Bonchev–Trinajstić information content (AvgIpc) is 2.93. The number of hydrogen-bond acceptors (Lipinski definition) is 5. The van der Waals surface area contributed by atoms with Crippen LogP contribution in [0.25, 0.3) is 22.2 Å². The normalized spacial score (nSPS) is 16.5. The van der Waals surface area contributed by atoms with Crippen molar-refractivity contribution in [2.24, 2.45) is 11.7 Å². The molecule has 218 valence electrons. The monoisotopic (exact) mass is 570 g/mol.